The summed E-state index contributed by atoms with van der Waals surface area (Å²) >= 11 is 7.22. The molecule has 21 heavy (non-hydrogen) atoms. The minimum absolute atomic E-state index is 0.187. The molecule has 3 rings (SSSR count). The van der Waals surface area contributed by atoms with Crippen LogP contribution in [0, 0.1) is 0 Å². The van der Waals surface area contributed by atoms with Gasteiger partial charge >= 0.3 is 0 Å². The average molecular weight is 387 g/mol. The molecule has 1 aliphatic carbocycles. The Balaban J connectivity index is 1.85. The molecule has 0 radical (unpaired) electrons. The van der Waals surface area contributed by atoms with Gasteiger partial charge in [-0.05, 0) is 53.7 Å². The molecule has 0 amide bonds. The summed E-state index contributed by atoms with van der Waals surface area (Å²) in [5.74, 6) is 0. The normalized spacial score (nSPS) is 15.9. The zero-order valence-electron chi connectivity index (χ0n) is 12.0. The van der Waals surface area contributed by atoms with Crippen LogP contribution in [0.3, 0.4) is 0 Å². The third kappa shape index (κ3) is 3.74. The first-order valence-corrected chi connectivity index (χ1v) is 9.66. The van der Waals surface area contributed by atoms with Gasteiger partial charge in [-0.1, -0.05) is 0 Å². The number of ether oxygens (including phenoxy) is 1. The topological polar surface area (TPSA) is 34.1 Å². The number of nitrogens with zero attached hydrogens (tertiary/aromatic N) is 1. The summed E-state index contributed by atoms with van der Waals surface area (Å²) in [5, 5.41) is 4.79. The van der Waals surface area contributed by atoms with Gasteiger partial charge in [-0.2, -0.15) is 0 Å². The smallest absolute Gasteiger partial charge is 0.115 e. The van der Waals surface area contributed by atoms with Crippen LogP contribution < -0.4 is 5.32 Å². The third-order valence-corrected chi connectivity index (χ3v) is 6.55. The Labute approximate surface area is 141 Å². The predicted octanol–water partition coefficient (Wildman–Crippen LogP) is 4.17. The van der Waals surface area contributed by atoms with Gasteiger partial charge in [-0.3, -0.25) is 0 Å². The second-order valence-corrected chi connectivity index (χ2v) is 8.76. The number of aryl methyl sites for hydroxylation is 2. The van der Waals surface area contributed by atoms with E-state index in [0.717, 1.165) is 16.8 Å². The number of aromatic nitrogens is 1. The largest absolute Gasteiger partial charge is 0.383 e. The monoisotopic (exact) mass is 386 g/mol. The number of thiophene rings is 1. The van der Waals surface area contributed by atoms with Crippen molar-refractivity contribution < 1.29 is 4.74 Å². The Morgan fingerprint density at radius 1 is 1.33 bits per heavy atom. The molecule has 114 valence electrons. The van der Waals surface area contributed by atoms with Crippen LogP contribution >= 0.6 is 38.6 Å². The summed E-state index contributed by atoms with van der Waals surface area (Å²) in [5.41, 5.74) is 1.33. The maximum atomic E-state index is 5.17. The molecule has 1 N–H and O–H groups in total. The number of halogens is 1. The van der Waals surface area contributed by atoms with E-state index in [0.29, 0.717) is 6.61 Å². The van der Waals surface area contributed by atoms with Crippen molar-refractivity contribution in [2.24, 2.45) is 0 Å². The predicted molar refractivity (Wildman–Crippen MR) is 92.5 cm³/mol. The van der Waals surface area contributed by atoms with Gasteiger partial charge in [0.15, 0.2) is 0 Å². The second kappa shape index (κ2) is 7.33. The number of nitrogens with one attached hydrogen (secondary N) is 1. The van der Waals surface area contributed by atoms with Gasteiger partial charge < -0.3 is 10.1 Å². The molecule has 0 aliphatic heterocycles. The molecule has 0 saturated carbocycles. The van der Waals surface area contributed by atoms with E-state index < -0.39 is 0 Å². The zero-order valence-corrected chi connectivity index (χ0v) is 15.2. The molecule has 1 unspecified atom stereocenters. The Hall–Kier alpha value is -0.270. The number of thiazole rings is 1. The van der Waals surface area contributed by atoms with Crippen molar-refractivity contribution >= 4 is 38.6 Å². The van der Waals surface area contributed by atoms with Crippen LogP contribution in [0.2, 0.25) is 0 Å². The highest BCUT2D eigenvalue weighted by molar-refractivity contribution is 9.11. The van der Waals surface area contributed by atoms with Crippen molar-refractivity contribution in [2.75, 3.05) is 20.3 Å². The minimum atomic E-state index is 0.187. The Kier molecular flexibility index (Phi) is 5.45. The second-order valence-electron chi connectivity index (χ2n) is 5.15. The lowest BCUT2D eigenvalue weighted by atomic mass is 10.0. The van der Waals surface area contributed by atoms with Gasteiger partial charge in [0.25, 0.3) is 0 Å². The van der Waals surface area contributed by atoms with E-state index in [1.807, 2.05) is 11.3 Å². The molecule has 0 bridgehead atoms. The molecule has 2 aromatic rings. The lowest BCUT2D eigenvalue weighted by Crippen LogP contribution is -2.25. The van der Waals surface area contributed by atoms with Gasteiger partial charge in [0.2, 0.25) is 0 Å². The fourth-order valence-corrected chi connectivity index (χ4v) is 5.42. The van der Waals surface area contributed by atoms with Crippen LogP contribution in [-0.4, -0.2) is 25.2 Å². The van der Waals surface area contributed by atoms with E-state index in [4.69, 9.17) is 9.72 Å². The van der Waals surface area contributed by atoms with Gasteiger partial charge in [-0.25, -0.2) is 4.98 Å². The van der Waals surface area contributed by atoms with Crippen LogP contribution in [0.15, 0.2) is 15.9 Å². The highest BCUT2D eigenvalue weighted by Gasteiger charge is 2.23. The van der Waals surface area contributed by atoms with Gasteiger partial charge in [0.1, 0.15) is 5.01 Å². The summed E-state index contributed by atoms with van der Waals surface area (Å²) < 4.78 is 6.33. The van der Waals surface area contributed by atoms with Crippen LogP contribution in [-0.2, 0) is 17.6 Å². The molecule has 2 heterocycles. The van der Waals surface area contributed by atoms with Crippen LogP contribution in [0.1, 0.15) is 39.3 Å². The summed E-state index contributed by atoms with van der Waals surface area (Å²) in [6.07, 6.45) is 4.93. The standard InChI is InChI=1S/C15H19BrN2OS2/c1-19-9-8-17-14(12-6-7-13(16)20-12)15-18-10-4-2-3-5-11(10)21-15/h6-7,14,17H,2-5,8-9H2,1H3. The average Bonchev–Trinajstić information content (AvgIpc) is 3.09. The SMILES string of the molecule is COCCNC(c1ccc(Br)s1)c1nc2c(s1)CCCC2. The molecular formula is C15H19BrN2OS2. The number of rotatable bonds is 6. The van der Waals surface area contributed by atoms with Gasteiger partial charge in [-0.15, -0.1) is 22.7 Å². The molecule has 1 atom stereocenters. The van der Waals surface area contributed by atoms with Crippen molar-refractivity contribution in [2.45, 2.75) is 31.7 Å². The molecular weight excluding hydrogens is 368 g/mol. The third-order valence-electron chi connectivity index (χ3n) is 3.64. The van der Waals surface area contributed by atoms with Crippen molar-refractivity contribution in [3.8, 4) is 0 Å². The van der Waals surface area contributed by atoms with Crippen molar-refractivity contribution in [3.05, 3.63) is 36.4 Å². The first kappa shape index (κ1) is 15.6. The van der Waals surface area contributed by atoms with E-state index in [9.17, 15) is 0 Å². The maximum Gasteiger partial charge on any atom is 0.115 e. The Bertz CT molecular complexity index is 573. The number of methoxy groups -OCH3 is 1. The van der Waals surface area contributed by atoms with E-state index in [-0.39, 0.29) is 6.04 Å². The molecule has 0 spiro atoms. The summed E-state index contributed by atoms with van der Waals surface area (Å²) in [6, 6.07) is 4.48. The summed E-state index contributed by atoms with van der Waals surface area (Å²) in [4.78, 5) is 7.72. The van der Waals surface area contributed by atoms with Crippen LogP contribution in [0.5, 0.6) is 0 Å². The highest BCUT2D eigenvalue weighted by Crippen LogP contribution is 2.36. The zero-order chi connectivity index (χ0) is 14.7. The van der Waals surface area contributed by atoms with Gasteiger partial charge in [0.05, 0.1) is 22.1 Å². The lowest BCUT2D eigenvalue weighted by molar-refractivity contribution is 0.197. The molecule has 3 nitrogen and oxygen atoms in total. The number of fused-ring (bicyclic) bond motifs is 1. The van der Waals surface area contributed by atoms with E-state index >= 15 is 0 Å². The highest BCUT2D eigenvalue weighted by atomic mass is 79.9. The van der Waals surface area contributed by atoms with E-state index in [1.165, 1.54) is 39.7 Å². The molecule has 0 aromatic carbocycles. The Morgan fingerprint density at radius 3 is 2.90 bits per heavy atom. The number of hydrogen-bond acceptors (Lipinski definition) is 5. The first-order chi connectivity index (χ1) is 10.3. The maximum absolute atomic E-state index is 5.17. The molecule has 0 fully saturated rings. The quantitative estimate of drug-likeness (QED) is 0.756. The molecule has 6 heteroatoms. The van der Waals surface area contributed by atoms with Crippen LogP contribution in [0.4, 0.5) is 0 Å². The van der Waals surface area contributed by atoms with E-state index in [2.05, 4.69) is 33.4 Å². The minimum Gasteiger partial charge on any atom is -0.383 e. The number of hydrogen-bond donors (Lipinski definition) is 1. The Morgan fingerprint density at radius 2 is 2.19 bits per heavy atom. The lowest BCUT2D eigenvalue weighted by Gasteiger charge is -2.14. The molecule has 2 aromatic heterocycles. The van der Waals surface area contributed by atoms with Gasteiger partial charge in [0, 0.05) is 23.4 Å². The van der Waals surface area contributed by atoms with Crippen molar-refractivity contribution in [3.63, 3.8) is 0 Å². The van der Waals surface area contributed by atoms with Crippen molar-refractivity contribution in [1.29, 1.82) is 0 Å². The molecule has 1 aliphatic rings. The fourth-order valence-electron chi connectivity index (χ4n) is 2.59. The van der Waals surface area contributed by atoms with E-state index in [1.54, 1.807) is 18.4 Å². The fraction of sp³-hybridized carbons (Fsp3) is 0.533. The molecule has 0 saturated heterocycles. The summed E-state index contributed by atoms with van der Waals surface area (Å²) in [6.45, 7) is 1.55. The van der Waals surface area contributed by atoms with Crippen LogP contribution in [0.25, 0.3) is 0 Å². The van der Waals surface area contributed by atoms with Crippen molar-refractivity contribution in [1.82, 2.24) is 10.3 Å². The first-order valence-electron chi connectivity index (χ1n) is 7.24. The summed E-state index contributed by atoms with van der Waals surface area (Å²) in [7, 11) is 1.74.